The van der Waals surface area contributed by atoms with Gasteiger partial charge in [0, 0.05) is 12.0 Å². The molecule has 2 bridgehead atoms. The fourth-order valence-corrected chi connectivity index (χ4v) is 6.16. The summed E-state index contributed by atoms with van der Waals surface area (Å²) in [6.45, 7) is -0.0349. The van der Waals surface area contributed by atoms with E-state index >= 15 is 0 Å². The van der Waals surface area contributed by atoms with E-state index in [1.807, 2.05) is 60.7 Å². The molecule has 0 saturated carbocycles. The Kier molecular flexibility index (Phi) is 6.40. The molecule has 2 saturated heterocycles. The molecule has 3 atom stereocenters. The van der Waals surface area contributed by atoms with E-state index in [0.29, 0.717) is 36.3 Å². The van der Waals surface area contributed by atoms with Crippen LogP contribution in [0.4, 0.5) is 0 Å². The van der Waals surface area contributed by atoms with Crippen molar-refractivity contribution < 1.29 is 29.6 Å². The molecule has 6 rings (SSSR count). The van der Waals surface area contributed by atoms with E-state index < -0.39 is 11.6 Å². The van der Waals surface area contributed by atoms with Crippen LogP contribution in [0.15, 0.2) is 78.9 Å². The minimum absolute atomic E-state index is 0.0764. The number of benzene rings is 4. The van der Waals surface area contributed by atoms with Crippen molar-refractivity contribution in [2.75, 3.05) is 0 Å². The van der Waals surface area contributed by atoms with Gasteiger partial charge in [0.15, 0.2) is 0 Å². The van der Waals surface area contributed by atoms with Crippen molar-refractivity contribution in [1.29, 1.82) is 0 Å². The van der Waals surface area contributed by atoms with E-state index in [9.17, 15) is 20.1 Å². The molecule has 0 amide bonds. The first-order valence-corrected chi connectivity index (χ1v) is 13.0. The number of carboxylic acids is 1. The van der Waals surface area contributed by atoms with Gasteiger partial charge < -0.3 is 24.8 Å². The van der Waals surface area contributed by atoms with Crippen LogP contribution >= 0.6 is 0 Å². The third-order valence-electron chi connectivity index (χ3n) is 7.89. The molecule has 4 aromatic rings. The molecule has 3 N–H and O–H groups in total. The number of carboxylic acid groups (broad SMARTS) is 1. The number of carbonyl (C=O) groups is 1. The summed E-state index contributed by atoms with van der Waals surface area (Å²) in [6.07, 6.45) is 2.99. The van der Waals surface area contributed by atoms with Gasteiger partial charge in [-0.25, -0.2) is 4.79 Å². The van der Waals surface area contributed by atoms with Gasteiger partial charge in [0.25, 0.3) is 0 Å². The van der Waals surface area contributed by atoms with E-state index in [1.54, 1.807) is 6.07 Å². The summed E-state index contributed by atoms with van der Waals surface area (Å²) in [5.41, 5.74) is 3.68. The number of hydrogen-bond donors (Lipinski definition) is 3. The highest BCUT2D eigenvalue weighted by molar-refractivity contribution is 6.05. The smallest absolute Gasteiger partial charge is 0.336 e. The van der Waals surface area contributed by atoms with Crippen molar-refractivity contribution in [2.45, 2.75) is 56.7 Å². The topological polar surface area (TPSA) is 96.2 Å². The lowest BCUT2D eigenvalue weighted by Crippen LogP contribution is -2.37. The van der Waals surface area contributed by atoms with Crippen LogP contribution < -0.4 is 4.74 Å². The zero-order valence-electron chi connectivity index (χ0n) is 21.0. The molecular formula is C32H30O6. The normalized spacial score (nSPS) is 22.5. The minimum Gasteiger partial charge on any atom is -0.489 e. The predicted molar refractivity (Wildman–Crippen MR) is 144 cm³/mol. The third kappa shape index (κ3) is 4.45. The molecule has 194 valence electrons. The van der Waals surface area contributed by atoms with Gasteiger partial charge in [0.05, 0.1) is 30.0 Å². The number of ether oxygens (including phenoxy) is 2. The van der Waals surface area contributed by atoms with Crippen molar-refractivity contribution in [3.05, 3.63) is 101 Å². The highest BCUT2D eigenvalue weighted by Gasteiger charge is 2.47. The molecule has 3 unspecified atom stereocenters. The number of aliphatic hydroxyl groups excluding tert-OH is 2. The zero-order chi connectivity index (χ0) is 26.3. The molecule has 2 fully saturated rings. The monoisotopic (exact) mass is 510 g/mol. The molecule has 0 aromatic heterocycles. The predicted octanol–water partition coefficient (Wildman–Crippen LogP) is 5.81. The zero-order valence-corrected chi connectivity index (χ0v) is 21.0. The van der Waals surface area contributed by atoms with E-state index in [0.717, 1.165) is 40.3 Å². The minimum atomic E-state index is -1.08. The molecule has 2 heterocycles. The standard InChI is InChI=1S/C32H30O6/c33-18-29-28(31(35)36)15-22-14-25(9-10-27(22)30(29)21-6-2-1-3-7-21)37-19-20-5-4-8-23(13-20)32-12-11-26(38-32)16-24(34)17-32/h1-10,13-15,24,26,33-34H,11-12,16-19H2,(H,35,36). The third-order valence-corrected chi connectivity index (χ3v) is 7.89. The largest absolute Gasteiger partial charge is 0.489 e. The molecule has 2 aliphatic rings. The summed E-state index contributed by atoms with van der Waals surface area (Å²) in [4.78, 5) is 12.1. The second kappa shape index (κ2) is 9.87. The van der Waals surface area contributed by atoms with Crippen LogP contribution in [-0.4, -0.2) is 33.5 Å². The van der Waals surface area contributed by atoms with Crippen LogP contribution in [0.5, 0.6) is 5.75 Å². The van der Waals surface area contributed by atoms with Crippen molar-refractivity contribution in [3.63, 3.8) is 0 Å². The van der Waals surface area contributed by atoms with Gasteiger partial charge in [-0.3, -0.25) is 0 Å². The molecule has 38 heavy (non-hydrogen) atoms. The van der Waals surface area contributed by atoms with E-state index in [1.165, 1.54) is 0 Å². The molecule has 0 aliphatic carbocycles. The lowest BCUT2D eigenvalue weighted by atomic mass is 9.85. The Labute approximate surface area is 221 Å². The van der Waals surface area contributed by atoms with Gasteiger partial charge in [-0.2, -0.15) is 0 Å². The Balaban J connectivity index is 1.31. The quantitative estimate of drug-likeness (QED) is 0.291. The van der Waals surface area contributed by atoms with Gasteiger partial charge in [-0.1, -0.05) is 54.6 Å². The van der Waals surface area contributed by atoms with Gasteiger partial charge in [-0.05, 0) is 76.6 Å². The summed E-state index contributed by atoms with van der Waals surface area (Å²) in [6, 6.07) is 24.9. The van der Waals surface area contributed by atoms with Crippen molar-refractivity contribution >= 4 is 16.7 Å². The highest BCUT2D eigenvalue weighted by atomic mass is 16.5. The first-order valence-electron chi connectivity index (χ1n) is 13.0. The number of fused-ring (bicyclic) bond motifs is 3. The van der Waals surface area contributed by atoms with Crippen LogP contribution in [0, 0.1) is 0 Å². The molecule has 0 spiro atoms. The van der Waals surface area contributed by atoms with Crippen molar-refractivity contribution in [1.82, 2.24) is 0 Å². The van der Waals surface area contributed by atoms with Gasteiger partial charge in [-0.15, -0.1) is 0 Å². The highest BCUT2D eigenvalue weighted by Crippen LogP contribution is 2.48. The Hall–Kier alpha value is -3.71. The van der Waals surface area contributed by atoms with Crippen molar-refractivity contribution in [3.8, 4) is 16.9 Å². The Morgan fingerprint density at radius 2 is 1.87 bits per heavy atom. The molecule has 6 heteroatoms. The maximum atomic E-state index is 12.1. The maximum absolute atomic E-state index is 12.1. The molecule has 0 radical (unpaired) electrons. The van der Waals surface area contributed by atoms with Gasteiger partial charge in [0.2, 0.25) is 0 Å². The van der Waals surface area contributed by atoms with Crippen LogP contribution in [-0.2, 0) is 23.6 Å². The second-order valence-corrected chi connectivity index (χ2v) is 10.3. The van der Waals surface area contributed by atoms with E-state index in [2.05, 4.69) is 12.1 Å². The summed E-state index contributed by atoms with van der Waals surface area (Å²) in [7, 11) is 0. The molecule has 6 nitrogen and oxygen atoms in total. The first kappa shape index (κ1) is 24.6. The Morgan fingerprint density at radius 1 is 1.03 bits per heavy atom. The molecular weight excluding hydrogens is 480 g/mol. The van der Waals surface area contributed by atoms with Gasteiger partial charge in [0.1, 0.15) is 12.4 Å². The van der Waals surface area contributed by atoms with Crippen LogP contribution in [0.1, 0.15) is 52.7 Å². The maximum Gasteiger partial charge on any atom is 0.336 e. The summed E-state index contributed by atoms with van der Waals surface area (Å²) >= 11 is 0. The van der Waals surface area contributed by atoms with Crippen LogP contribution in [0.25, 0.3) is 21.9 Å². The Morgan fingerprint density at radius 3 is 2.66 bits per heavy atom. The van der Waals surface area contributed by atoms with Gasteiger partial charge >= 0.3 is 5.97 Å². The Bertz CT molecular complexity index is 1500. The average Bonchev–Trinajstić information content (AvgIpc) is 3.26. The second-order valence-electron chi connectivity index (χ2n) is 10.3. The summed E-state index contributed by atoms with van der Waals surface area (Å²) in [5.74, 6) is -0.460. The number of hydrogen-bond acceptors (Lipinski definition) is 5. The number of aromatic carboxylic acids is 1. The molecule has 2 aliphatic heterocycles. The number of rotatable bonds is 7. The number of aliphatic hydroxyl groups is 2. The molecule has 4 aromatic carbocycles. The fourth-order valence-electron chi connectivity index (χ4n) is 6.16. The van der Waals surface area contributed by atoms with Crippen molar-refractivity contribution in [2.24, 2.45) is 0 Å². The first-order chi connectivity index (χ1) is 18.5. The summed E-state index contributed by atoms with van der Waals surface area (Å²) < 4.78 is 12.5. The fraction of sp³-hybridized carbons (Fsp3) is 0.281. The average molecular weight is 511 g/mol. The SMILES string of the molecule is O=C(O)c1cc2cc(OCc3cccc(C45CCC(CC(O)C4)O5)c3)ccc2c(-c2ccccc2)c1CO. The van der Waals surface area contributed by atoms with E-state index in [-0.39, 0.29) is 24.4 Å². The summed E-state index contributed by atoms with van der Waals surface area (Å²) in [5, 5.41) is 31.9. The lowest BCUT2D eigenvalue weighted by molar-refractivity contribution is -0.123. The van der Waals surface area contributed by atoms with Crippen LogP contribution in [0.2, 0.25) is 0 Å². The van der Waals surface area contributed by atoms with E-state index in [4.69, 9.17) is 9.47 Å². The lowest BCUT2D eigenvalue weighted by Gasteiger charge is -2.36. The van der Waals surface area contributed by atoms with Crippen LogP contribution in [0.3, 0.4) is 0 Å².